The molecule has 4 nitrogen and oxygen atoms in total. The first-order chi connectivity index (χ1) is 7.56. The van der Waals surface area contributed by atoms with Crippen LogP contribution in [0.15, 0.2) is 11.1 Å². The normalized spacial score (nSPS) is 11.4. The summed E-state index contributed by atoms with van der Waals surface area (Å²) in [5.41, 5.74) is 0. The van der Waals surface area contributed by atoms with Crippen molar-refractivity contribution in [1.29, 1.82) is 0 Å². The highest BCUT2D eigenvalue weighted by molar-refractivity contribution is 6.29. The molecule has 0 aliphatic carbocycles. The number of halogens is 1. The van der Waals surface area contributed by atoms with Crippen molar-refractivity contribution in [3.8, 4) is 0 Å². The van der Waals surface area contributed by atoms with Gasteiger partial charge in [0.25, 0.3) is 0 Å². The van der Waals surface area contributed by atoms with E-state index >= 15 is 0 Å². The van der Waals surface area contributed by atoms with Crippen LogP contribution in [0.2, 0.25) is 0 Å². The van der Waals surface area contributed by atoms with Crippen LogP contribution in [0.5, 0.6) is 0 Å². The molecule has 5 heteroatoms. The number of carbonyl (C=O) groups excluding carboxylic acids is 2. The van der Waals surface area contributed by atoms with Gasteiger partial charge >= 0.3 is 11.9 Å². The summed E-state index contributed by atoms with van der Waals surface area (Å²) in [5.74, 6) is -2.33. The fourth-order valence-electron chi connectivity index (χ4n) is 0.995. The Balaban J connectivity index is 4.76. The van der Waals surface area contributed by atoms with Crippen LogP contribution in [0, 0.1) is 5.92 Å². The first kappa shape index (κ1) is 15.0. The molecular formula is C11H17ClO4. The summed E-state index contributed by atoms with van der Waals surface area (Å²) < 4.78 is 9.55. The highest BCUT2D eigenvalue weighted by atomic mass is 35.5. The highest BCUT2D eigenvalue weighted by Crippen LogP contribution is 2.14. The Kier molecular flexibility index (Phi) is 7.64. The standard InChI is InChI=1S/C11H17ClO4/c1-4-8(12)7-9(10(13)15-5-2)11(14)16-6-3/h7,9H,4-6H2,1-3H3/b8-7-. The number of rotatable bonds is 6. The van der Waals surface area contributed by atoms with Crippen LogP contribution in [0.25, 0.3) is 0 Å². The van der Waals surface area contributed by atoms with Gasteiger partial charge < -0.3 is 9.47 Å². The summed E-state index contributed by atoms with van der Waals surface area (Å²) in [4.78, 5) is 23.0. The molecule has 0 saturated carbocycles. The third-order valence-corrected chi connectivity index (χ3v) is 2.16. The fourth-order valence-corrected chi connectivity index (χ4v) is 1.12. The van der Waals surface area contributed by atoms with Gasteiger partial charge in [-0.3, -0.25) is 9.59 Å². The minimum absolute atomic E-state index is 0.215. The lowest BCUT2D eigenvalue weighted by molar-refractivity contribution is -0.158. The van der Waals surface area contributed by atoms with Crippen LogP contribution in [0.3, 0.4) is 0 Å². The zero-order valence-corrected chi connectivity index (χ0v) is 10.5. The third-order valence-electron chi connectivity index (χ3n) is 1.77. The Hall–Kier alpha value is -1.03. The van der Waals surface area contributed by atoms with E-state index < -0.39 is 17.9 Å². The Labute approximate surface area is 101 Å². The highest BCUT2D eigenvalue weighted by Gasteiger charge is 2.27. The Morgan fingerprint density at radius 2 is 1.56 bits per heavy atom. The maximum atomic E-state index is 11.5. The molecule has 0 saturated heterocycles. The van der Waals surface area contributed by atoms with Crippen LogP contribution >= 0.6 is 11.6 Å². The molecule has 0 rings (SSSR count). The summed E-state index contributed by atoms with van der Waals surface area (Å²) in [7, 11) is 0. The summed E-state index contributed by atoms with van der Waals surface area (Å²) in [6.07, 6.45) is 1.93. The first-order valence-corrected chi connectivity index (χ1v) is 5.64. The summed E-state index contributed by atoms with van der Waals surface area (Å²) >= 11 is 5.79. The predicted molar refractivity (Wildman–Crippen MR) is 61.0 cm³/mol. The quantitative estimate of drug-likeness (QED) is 0.534. The van der Waals surface area contributed by atoms with Crippen LogP contribution < -0.4 is 0 Å². The van der Waals surface area contributed by atoms with E-state index in [1.807, 2.05) is 6.92 Å². The van der Waals surface area contributed by atoms with Gasteiger partial charge in [0.15, 0.2) is 5.92 Å². The van der Waals surface area contributed by atoms with Gasteiger partial charge in [0.1, 0.15) is 0 Å². The van der Waals surface area contributed by atoms with Crippen molar-refractivity contribution >= 4 is 23.5 Å². The van der Waals surface area contributed by atoms with Crippen LogP contribution in [0.4, 0.5) is 0 Å². The van der Waals surface area contributed by atoms with Crippen molar-refractivity contribution in [1.82, 2.24) is 0 Å². The molecule has 0 aromatic heterocycles. The lowest BCUT2D eigenvalue weighted by Crippen LogP contribution is -2.26. The van der Waals surface area contributed by atoms with Crippen molar-refractivity contribution in [2.24, 2.45) is 5.92 Å². The fraction of sp³-hybridized carbons (Fsp3) is 0.636. The lowest BCUT2D eigenvalue weighted by atomic mass is 10.1. The van der Waals surface area contributed by atoms with E-state index in [1.165, 1.54) is 6.08 Å². The molecule has 0 aliphatic rings. The van der Waals surface area contributed by atoms with Crippen molar-refractivity contribution in [3.63, 3.8) is 0 Å². The minimum Gasteiger partial charge on any atom is -0.465 e. The van der Waals surface area contributed by atoms with Gasteiger partial charge in [-0.1, -0.05) is 18.5 Å². The molecule has 0 amide bonds. The number of hydrogen-bond donors (Lipinski definition) is 0. The van der Waals surface area contributed by atoms with Crippen molar-refractivity contribution in [2.75, 3.05) is 13.2 Å². The van der Waals surface area contributed by atoms with Gasteiger partial charge in [0.05, 0.1) is 13.2 Å². The number of hydrogen-bond acceptors (Lipinski definition) is 4. The second-order valence-electron chi connectivity index (χ2n) is 2.95. The van der Waals surface area contributed by atoms with Gasteiger partial charge in [-0.2, -0.15) is 0 Å². The second-order valence-corrected chi connectivity index (χ2v) is 3.43. The maximum Gasteiger partial charge on any atom is 0.324 e. The molecule has 0 bridgehead atoms. The monoisotopic (exact) mass is 248 g/mol. The number of carbonyl (C=O) groups is 2. The van der Waals surface area contributed by atoms with E-state index in [2.05, 4.69) is 0 Å². The maximum absolute atomic E-state index is 11.5. The third kappa shape index (κ3) is 5.16. The molecule has 0 aromatic carbocycles. The van der Waals surface area contributed by atoms with Crippen LogP contribution in [-0.4, -0.2) is 25.2 Å². The molecular weight excluding hydrogens is 232 g/mol. The minimum atomic E-state index is -1.06. The number of esters is 2. The van der Waals surface area contributed by atoms with E-state index in [0.717, 1.165) is 0 Å². The molecule has 0 heterocycles. The molecule has 0 fully saturated rings. The Morgan fingerprint density at radius 3 is 1.88 bits per heavy atom. The van der Waals surface area contributed by atoms with E-state index in [-0.39, 0.29) is 13.2 Å². The Morgan fingerprint density at radius 1 is 1.12 bits per heavy atom. The molecule has 0 aliphatic heterocycles. The molecule has 0 spiro atoms. The van der Waals surface area contributed by atoms with Crippen molar-refractivity contribution in [2.45, 2.75) is 27.2 Å². The number of ether oxygens (including phenoxy) is 2. The van der Waals surface area contributed by atoms with E-state index in [9.17, 15) is 9.59 Å². The zero-order chi connectivity index (χ0) is 12.6. The smallest absolute Gasteiger partial charge is 0.324 e. The molecule has 16 heavy (non-hydrogen) atoms. The average Bonchev–Trinajstić information content (AvgIpc) is 2.25. The average molecular weight is 249 g/mol. The lowest BCUT2D eigenvalue weighted by Gasteiger charge is -2.11. The van der Waals surface area contributed by atoms with Crippen molar-refractivity contribution < 1.29 is 19.1 Å². The molecule has 92 valence electrons. The van der Waals surface area contributed by atoms with Gasteiger partial charge in [-0.15, -0.1) is 0 Å². The summed E-state index contributed by atoms with van der Waals surface area (Å²) in [6, 6.07) is 0. The number of allylic oxidation sites excluding steroid dienone is 1. The Bertz CT molecular complexity index is 255. The van der Waals surface area contributed by atoms with Crippen molar-refractivity contribution in [3.05, 3.63) is 11.1 Å². The van der Waals surface area contributed by atoms with Crippen LogP contribution in [0.1, 0.15) is 27.2 Å². The van der Waals surface area contributed by atoms with Crippen LogP contribution in [-0.2, 0) is 19.1 Å². The summed E-state index contributed by atoms with van der Waals surface area (Å²) in [5, 5.41) is 0.436. The van der Waals surface area contributed by atoms with Gasteiger partial charge in [-0.05, 0) is 26.3 Å². The van der Waals surface area contributed by atoms with E-state index in [4.69, 9.17) is 21.1 Å². The molecule has 0 atom stereocenters. The first-order valence-electron chi connectivity index (χ1n) is 5.26. The molecule has 0 radical (unpaired) electrons. The largest absolute Gasteiger partial charge is 0.465 e. The second kappa shape index (κ2) is 8.16. The van der Waals surface area contributed by atoms with E-state index in [1.54, 1.807) is 13.8 Å². The van der Waals surface area contributed by atoms with Gasteiger partial charge in [0, 0.05) is 5.03 Å². The zero-order valence-electron chi connectivity index (χ0n) is 9.79. The van der Waals surface area contributed by atoms with Gasteiger partial charge in [0.2, 0.25) is 0 Å². The van der Waals surface area contributed by atoms with E-state index in [0.29, 0.717) is 11.5 Å². The topological polar surface area (TPSA) is 52.6 Å². The SMILES string of the molecule is CCOC(=O)C(/C=C(\Cl)CC)C(=O)OCC. The molecule has 0 unspecified atom stereocenters. The molecule has 0 aromatic rings. The summed E-state index contributed by atoms with van der Waals surface area (Å²) in [6.45, 7) is 5.60. The predicted octanol–water partition coefficient (Wildman–Crippen LogP) is 2.26. The van der Waals surface area contributed by atoms with Gasteiger partial charge in [-0.25, -0.2) is 0 Å². The molecule has 0 N–H and O–H groups in total.